The van der Waals surface area contributed by atoms with Gasteiger partial charge in [-0.3, -0.25) is 4.79 Å². The van der Waals surface area contributed by atoms with Crippen molar-refractivity contribution in [1.29, 1.82) is 0 Å². The van der Waals surface area contributed by atoms with Crippen molar-refractivity contribution in [1.82, 2.24) is 25.2 Å². The lowest BCUT2D eigenvalue weighted by Gasteiger charge is -2.31. The highest BCUT2D eigenvalue weighted by Gasteiger charge is 2.35. The molecule has 1 aromatic carbocycles. The molecule has 3 N–H and O–H groups in total. The number of carbonyl (C=O) groups excluding carboxylic acids is 2. The monoisotopic (exact) mass is 604 g/mol. The summed E-state index contributed by atoms with van der Waals surface area (Å²) in [7, 11) is 5.31. The summed E-state index contributed by atoms with van der Waals surface area (Å²) < 4.78 is 35.1. The first-order valence-corrected chi connectivity index (χ1v) is 13.7. The third-order valence-electron chi connectivity index (χ3n) is 6.66. The summed E-state index contributed by atoms with van der Waals surface area (Å²) in [5.74, 6) is -1.78. The van der Waals surface area contributed by atoms with Crippen molar-refractivity contribution in [3.05, 3.63) is 89.3 Å². The van der Waals surface area contributed by atoms with Gasteiger partial charge in [-0.05, 0) is 57.8 Å². The van der Waals surface area contributed by atoms with Gasteiger partial charge in [0.2, 0.25) is 11.8 Å². The number of rotatable bonds is 11. The van der Waals surface area contributed by atoms with Crippen LogP contribution in [0, 0.1) is 6.92 Å². The van der Waals surface area contributed by atoms with Crippen LogP contribution in [0.25, 0.3) is 11.3 Å². The lowest BCUT2D eigenvalue weighted by atomic mass is 9.97. The van der Waals surface area contributed by atoms with Crippen molar-refractivity contribution in [2.24, 2.45) is 0 Å². The molecule has 3 amide bonds. The number of hydrogen-bond acceptors (Lipinski definition) is 8. The molecular formula is C31H34F2N8O3. The summed E-state index contributed by atoms with van der Waals surface area (Å²) in [6.07, 6.45) is 3.60. The number of carbonyl (C=O) groups is 2. The molecule has 13 heteroatoms. The number of benzene rings is 1. The Hall–Kier alpha value is -5.17. The van der Waals surface area contributed by atoms with Gasteiger partial charge in [0.05, 0.1) is 31.2 Å². The SMILES string of the molecule is C=C/C=C(F)\C(=C(/C)F)N1C(=O)NCc2c(-c3cc(C(=O)Nc4ccc(OC)nc4)ccc3C)nc(NCCN(C)C)nc21. The second-order valence-electron chi connectivity index (χ2n) is 10.1. The van der Waals surface area contributed by atoms with Gasteiger partial charge in [0.25, 0.3) is 5.91 Å². The van der Waals surface area contributed by atoms with E-state index in [1.807, 2.05) is 25.9 Å². The number of aryl methyl sites for hydroxylation is 1. The fraction of sp³-hybridized carbons (Fsp3) is 0.258. The molecular weight excluding hydrogens is 570 g/mol. The number of allylic oxidation sites excluding steroid dienone is 4. The Morgan fingerprint density at radius 3 is 2.64 bits per heavy atom. The van der Waals surface area contributed by atoms with Crippen LogP contribution in [0.2, 0.25) is 0 Å². The summed E-state index contributed by atoms with van der Waals surface area (Å²) >= 11 is 0. The van der Waals surface area contributed by atoms with Crippen LogP contribution in [-0.4, -0.2) is 66.1 Å². The molecule has 0 bridgehead atoms. The highest BCUT2D eigenvalue weighted by Crippen LogP contribution is 2.38. The van der Waals surface area contributed by atoms with E-state index in [1.54, 1.807) is 30.3 Å². The van der Waals surface area contributed by atoms with E-state index in [0.717, 1.165) is 29.5 Å². The van der Waals surface area contributed by atoms with E-state index < -0.39 is 29.3 Å². The number of urea groups is 1. The quantitative estimate of drug-likeness (QED) is 0.250. The van der Waals surface area contributed by atoms with E-state index in [9.17, 15) is 14.0 Å². The molecule has 0 unspecified atom stereocenters. The van der Waals surface area contributed by atoms with Gasteiger partial charge in [-0.1, -0.05) is 18.7 Å². The van der Waals surface area contributed by atoms with Gasteiger partial charge >= 0.3 is 6.03 Å². The molecule has 0 saturated heterocycles. The molecule has 0 aliphatic carbocycles. The maximum absolute atomic E-state index is 15.2. The molecule has 0 atom stereocenters. The predicted molar refractivity (Wildman–Crippen MR) is 166 cm³/mol. The van der Waals surface area contributed by atoms with Crippen LogP contribution >= 0.6 is 0 Å². The zero-order chi connectivity index (χ0) is 32.0. The second-order valence-corrected chi connectivity index (χ2v) is 10.1. The van der Waals surface area contributed by atoms with Gasteiger partial charge in [-0.25, -0.2) is 28.4 Å². The average Bonchev–Trinajstić information content (AvgIpc) is 2.98. The number of likely N-dealkylation sites (N-methyl/N-ethyl adjacent to an activating group) is 1. The predicted octanol–water partition coefficient (Wildman–Crippen LogP) is 5.35. The lowest BCUT2D eigenvalue weighted by molar-refractivity contribution is 0.102. The molecule has 1 aliphatic heterocycles. The Morgan fingerprint density at radius 1 is 1.23 bits per heavy atom. The molecule has 0 fully saturated rings. The molecule has 1 aliphatic rings. The number of anilines is 3. The number of nitrogens with one attached hydrogen (secondary N) is 3. The van der Waals surface area contributed by atoms with Crippen molar-refractivity contribution in [2.45, 2.75) is 20.4 Å². The van der Waals surface area contributed by atoms with Crippen molar-refractivity contribution < 1.29 is 23.1 Å². The van der Waals surface area contributed by atoms with Crippen LogP contribution in [0.4, 0.5) is 31.0 Å². The van der Waals surface area contributed by atoms with Crippen molar-refractivity contribution in [3.63, 3.8) is 0 Å². The van der Waals surface area contributed by atoms with Crippen LogP contribution in [0.1, 0.15) is 28.4 Å². The number of methoxy groups -OCH3 is 1. The summed E-state index contributed by atoms with van der Waals surface area (Å²) in [4.78, 5) is 42.6. The first kappa shape index (κ1) is 31.8. The summed E-state index contributed by atoms with van der Waals surface area (Å²) in [6.45, 7) is 7.44. The van der Waals surface area contributed by atoms with Crippen LogP contribution in [-0.2, 0) is 6.54 Å². The minimum absolute atomic E-state index is 0.00396. The van der Waals surface area contributed by atoms with E-state index in [4.69, 9.17) is 9.72 Å². The fourth-order valence-corrected chi connectivity index (χ4v) is 4.46. The zero-order valence-electron chi connectivity index (χ0n) is 25.2. The number of nitrogens with zero attached hydrogens (tertiary/aromatic N) is 5. The highest BCUT2D eigenvalue weighted by atomic mass is 19.1. The number of aromatic nitrogens is 3. The number of ether oxygens (including phenoxy) is 1. The van der Waals surface area contributed by atoms with Crippen LogP contribution in [0.5, 0.6) is 5.88 Å². The van der Waals surface area contributed by atoms with Crippen molar-refractivity contribution in [2.75, 3.05) is 49.8 Å². The maximum atomic E-state index is 15.2. The number of fused-ring (bicyclic) bond motifs is 1. The molecule has 4 rings (SSSR count). The minimum Gasteiger partial charge on any atom is -0.481 e. The highest BCUT2D eigenvalue weighted by molar-refractivity contribution is 6.05. The number of amides is 3. The minimum atomic E-state index is -1.01. The maximum Gasteiger partial charge on any atom is 0.328 e. The molecule has 230 valence electrons. The molecule has 3 heterocycles. The second kappa shape index (κ2) is 13.9. The largest absolute Gasteiger partial charge is 0.481 e. The Kier molecular flexibility index (Phi) is 10.0. The van der Waals surface area contributed by atoms with E-state index in [0.29, 0.717) is 47.0 Å². The normalized spacial score (nSPS) is 13.6. The Morgan fingerprint density at radius 2 is 2.00 bits per heavy atom. The van der Waals surface area contributed by atoms with Gasteiger partial charge < -0.3 is 25.6 Å². The summed E-state index contributed by atoms with van der Waals surface area (Å²) in [5, 5.41) is 8.62. The molecule has 0 spiro atoms. The molecule has 44 heavy (non-hydrogen) atoms. The van der Waals surface area contributed by atoms with Gasteiger partial charge in [-0.15, -0.1) is 0 Å². The Balaban J connectivity index is 1.85. The van der Waals surface area contributed by atoms with E-state index in [-0.39, 0.29) is 18.3 Å². The van der Waals surface area contributed by atoms with Crippen molar-refractivity contribution >= 4 is 29.4 Å². The summed E-state index contributed by atoms with van der Waals surface area (Å²) in [6, 6.07) is 7.64. The molecule has 0 saturated carbocycles. The van der Waals surface area contributed by atoms with Crippen LogP contribution < -0.4 is 25.6 Å². The Labute approximate surface area is 254 Å². The van der Waals surface area contributed by atoms with Crippen molar-refractivity contribution in [3.8, 4) is 17.1 Å². The van der Waals surface area contributed by atoms with Gasteiger partial charge in [0.1, 0.15) is 17.4 Å². The fourth-order valence-electron chi connectivity index (χ4n) is 4.46. The average molecular weight is 605 g/mol. The standard InChI is InChI=1S/C31H34F2N8O3/c1-7-8-24(33)27(19(3)32)41-28-23(17-36-31(41)43)26(38-30(39-28)34-13-14-40(4)5)22-15-20(10-9-18(22)2)29(42)37-21-11-12-25(44-6)35-16-21/h7-12,15-16H,1,13-14,17H2,2-6H3,(H,36,43)(H,37,42)(H,34,38,39)/b24-8+,27-19-. The topological polar surface area (TPSA) is 125 Å². The number of pyridine rings is 1. The third-order valence-corrected chi connectivity index (χ3v) is 6.66. The van der Waals surface area contributed by atoms with Gasteiger partial charge in [0, 0.05) is 35.8 Å². The van der Waals surface area contributed by atoms with Gasteiger partial charge in [-0.2, -0.15) is 4.98 Å². The zero-order valence-corrected chi connectivity index (χ0v) is 25.2. The third kappa shape index (κ3) is 7.06. The molecule has 0 radical (unpaired) electrons. The first-order valence-electron chi connectivity index (χ1n) is 13.7. The van der Waals surface area contributed by atoms with E-state index in [1.165, 1.54) is 13.3 Å². The number of halogens is 2. The van der Waals surface area contributed by atoms with Crippen LogP contribution in [0.3, 0.4) is 0 Å². The number of hydrogen-bond donors (Lipinski definition) is 3. The van der Waals surface area contributed by atoms with Crippen LogP contribution in [0.15, 0.2) is 72.6 Å². The Bertz CT molecular complexity index is 1630. The lowest BCUT2D eigenvalue weighted by Crippen LogP contribution is -2.45. The molecule has 3 aromatic rings. The molecule has 11 nitrogen and oxygen atoms in total. The molecule has 2 aromatic heterocycles. The van der Waals surface area contributed by atoms with Gasteiger partial charge in [0.15, 0.2) is 5.82 Å². The summed E-state index contributed by atoms with van der Waals surface area (Å²) in [5.41, 5.74) is 2.32. The van der Waals surface area contributed by atoms with E-state index >= 15 is 4.39 Å². The van der Waals surface area contributed by atoms with E-state index in [2.05, 4.69) is 32.5 Å². The smallest absolute Gasteiger partial charge is 0.328 e. The first-order chi connectivity index (χ1) is 21.0.